The van der Waals surface area contributed by atoms with E-state index in [1.807, 2.05) is 4.90 Å². The van der Waals surface area contributed by atoms with Gasteiger partial charge >= 0.3 is 5.97 Å². The van der Waals surface area contributed by atoms with Crippen molar-refractivity contribution in [1.29, 1.82) is 0 Å². The molecular formula is C18H16BrFN2O5. The number of halogens is 2. The number of nitrogens with zero attached hydrogens (tertiary/aromatic N) is 2. The van der Waals surface area contributed by atoms with Gasteiger partial charge in [-0.15, -0.1) is 0 Å². The lowest BCUT2D eigenvalue weighted by Crippen LogP contribution is -2.37. The Balaban J connectivity index is 1.84. The van der Waals surface area contributed by atoms with Crippen LogP contribution in [-0.2, 0) is 16.1 Å². The third kappa shape index (κ3) is 4.61. The first-order chi connectivity index (χ1) is 13.0. The zero-order chi connectivity index (χ0) is 19.4. The number of carbonyl (C=O) groups is 1. The Morgan fingerprint density at radius 2 is 2.00 bits per heavy atom. The number of morpholine rings is 1. The molecule has 2 aromatic carbocycles. The molecule has 7 nitrogen and oxygen atoms in total. The fraction of sp³-hybridized carbons (Fsp3) is 0.278. The van der Waals surface area contributed by atoms with Crippen LogP contribution in [0.5, 0.6) is 0 Å². The summed E-state index contributed by atoms with van der Waals surface area (Å²) in [5.41, 5.74) is 0.604. The Morgan fingerprint density at radius 3 is 2.67 bits per heavy atom. The summed E-state index contributed by atoms with van der Waals surface area (Å²) >= 11 is 3.16. The molecular weight excluding hydrogens is 423 g/mol. The standard InChI is InChI=1S/C18H16BrFN2O5/c19-13-2-1-12(16(20)9-13)11-27-18(23)15-10-14(22(24)25)3-4-17(15)21-5-7-26-8-6-21/h1-4,9-10H,5-8,11H2. The Bertz CT molecular complexity index is 871. The van der Waals surface area contributed by atoms with Crippen LogP contribution in [0.25, 0.3) is 0 Å². The maximum atomic E-state index is 13.9. The van der Waals surface area contributed by atoms with Gasteiger partial charge in [0, 0.05) is 35.3 Å². The Morgan fingerprint density at radius 1 is 1.26 bits per heavy atom. The molecule has 0 aliphatic carbocycles. The van der Waals surface area contributed by atoms with E-state index >= 15 is 0 Å². The van der Waals surface area contributed by atoms with E-state index in [2.05, 4.69) is 15.9 Å². The van der Waals surface area contributed by atoms with Crippen molar-refractivity contribution in [3.8, 4) is 0 Å². The average Bonchev–Trinajstić information content (AvgIpc) is 2.67. The van der Waals surface area contributed by atoms with Crippen molar-refractivity contribution in [3.63, 3.8) is 0 Å². The predicted molar refractivity (Wildman–Crippen MR) is 99.3 cm³/mol. The van der Waals surface area contributed by atoms with Gasteiger partial charge in [-0.05, 0) is 18.2 Å². The molecule has 0 aromatic heterocycles. The van der Waals surface area contributed by atoms with Crippen LogP contribution in [0.15, 0.2) is 40.9 Å². The molecule has 1 saturated heterocycles. The van der Waals surface area contributed by atoms with E-state index in [1.165, 1.54) is 30.3 Å². The predicted octanol–water partition coefficient (Wildman–Crippen LogP) is 3.69. The molecule has 0 unspecified atom stereocenters. The van der Waals surface area contributed by atoms with Crippen molar-refractivity contribution in [1.82, 2.24) is 0 Å². The molecule has 142 valence electrons. The molecule has 27 heavy (non-hydrogen) atoms. The van der Waals surface area contributed by atoms with Gasteiger partial charge in [-0.3, -0.25) is 10.1 Å². The van der Waals surface area contributed by atoms with E-state index in [-0.39, 0.29) is 23.4 Å². The van der Waals surface area contributed by atoms with Gasteiger partial charge in [-0.25, -0.2) is 9.18 Å². The lowest BCUT2D eigenvalue weighted by atomic mass is 10.1. The van der Waals surface area contributed by atoms with Crippen molar-refractivity contribution >= 4 is 33.3 Å². The smallest absolute Gasteiger partial charge is 0.340 e. The highest BCUT2D eigenvalue weighted by Crippen LogP contribution is 2.27. The SMILES string of the molecule is O=C(OCc1ccc(Br)cc1F)c1cc([N+](=O)[O-])ccc1N1CCOCC1. The van der Waals surface area contributed by atoms with Crippen LogP contribution >= 0.6 is 15.9 Å². The molecule has 0 spiro atoms. The molecule has 0 amide bonds. The minimum Gasteiger partial charge on any atom is -0.457 e. The summed E-state index contributed by atoms with van der Waals surface area (Å²) in [6.07, 6.45) is 0. The molecule has 2 aromatic rings. The number of rotatable bonds is 5. The zero-order valence-corrected chi connectivity index (χ0v) is 15.8. The van der Waals surface area contributed by atoms with Crippen LogP contribution in [0.4, 0.5) is 15.8 Å². The molecule has 1 heterocycles. The van der Waals surface area contributed by atoms with Crippen LogP contribution in [0.3, 0.4) is 0 Å². The lowest BCUT2D eigenvalue weighted by Gasteiger charge is -2.30. The number of nitro benzene ring substituents is 1. The maximum absolute atomic E-state index is 13.9. The number of anilines is 1. The van der Waals surface area contributed by atoms with Crippen LogP contribution in [0.1, 0.15) is 15.9 Å². The third-order valence-electron chi connectivity index (χ3n) is 4.14. The number of carbonyl (C=O) groups excluding carboxylic acids is 1. The van der Waals surface area contributed by atoms with Crippen LogP contribution < -0.4 is 4.90 Å². The van der Waals surface area contributed by atoms with Gasteiger partial charge in [0.15, 0.2) is 0 Å². The second-order valence-corrected chi connectivity index (χ2v) is 6.79. The maximum Gasteiger partial charge on any atom is 0.340 e. The van der Waals surface area contributed by atoms with Gasteiger partial charge in [0.05, 0.1) is 29.4 Å². The number of hydrogen-bond acceptors (Lipinski definition) is 6. The minimum absolute atomic E-state index is 0.0728. The highest BCUT2D eigenvalue weighted by atomic mass is 79.9. The highest BCUT2D eigenvalue weighted by Gasteiger charge is 2.23. The Kier molecular flexibility index (Phi) is 6.02. The van der Waals surface area contributed by atoms with Gasteiger partial charge in [-0.2, -0.15) is 0 Å². The number of non-ortho nitro benzene ring substituents is 1. The van der Waals surface area contributed by atoms with Crippen molar-refractivity contribution in [2.45, 2.75) is 6.61 Å². The molecule has 0 saturated carbocycles. The van der Waals surface area contributed by atoms with E-state index in [0.29, 0.717) is 36.5 Å². The van der Waals surface area contributed by atoms with E-state index in [9.17, 15) is 19.3 Å². The second kappa shape index (κ2) is 8.45. The van der Waals surface area contributed by atoms with Gasteiger partial charge in [0.1, 0.15) is 12.4 Å². The largest absolute Gasteiger partial charge is 0.457 e. The summed E-state index contributed by atoms with van der Waals surface area (Å²) in [4.78, 5) is 25.0. The van der Waals surface area contributed by atoms with Crippen LogP contribution in [0, 0.1) is 15.9 Å². The fourth-order valence-corrected chi connectivity index (χ4v) is 3.07. The highest BCUT2D eigenvalue weighted by molar-refractivity contribution is 9.10. The first-order valence-electron chi connectivity index (χ1n) is 8.18. The van der Waals surface area contributed by atoms with Crippen molar-refractivity contribution < 1.29 is 23.6 Å². The molecule has 0 radical (unpaired) electrons. The van der Waals surface area contributed by atoms with Crippen molar-refractivity contribution in [3.05, 3.63) is 67.9 Å². The summed E-state index contributed by atoms with van der Waals surface area (Å²) < 4.78 is 25.0. The summed E-state index contributed by atoms with van der Waals surface area (Å²) in [5.74, 6) is -1.26. The molecule has 1 fully saturated rings. The van der Waals surface area contributed by atoms with Gasteiger partial charge in [0.2, 0.25) is 0 Å². The second-order valence-electron chi connectivity index (χ2n) is 5.87. The Hall–Kier alpha value is -2.52. The quantitative estimate of drug-likeness (QED) is 0.402. The minimum atomic E-state index is -0.748. The molecule has 1 aliphatic rings. The number of ether oxygens (including phenoxy) is 2. The molecule has 3 rings (SSSR count). The first-order valence-corrected chi connectivity index (χ1v) is 8.97. The molecule has 0 N–H and O–H groups in total. The summed E-state index contributed by atoms with van der Waals surface area (Å²) in [6, 6.07) is 8.47. The van der Waals surface area contributed by atoms with Crippen molar-refractivity contribution in [2.75, 3.05) is 31.2 Å². The topological polar surface area (TPSA) is 81.9 Å². The lowest BCUT2D eigenvalue weighted by molar-refractivity contribution is -0.384. The number of hydrogen-bond donors (Lipinski definition) is 0. The number of benzene rings is 2. The summed E-state index contributed by atoms with van der Waals surface area (Å²) in [5, 5.41) is 11.1. The molecule has 0 bridgehead atoms. The molecule has 1 aliphatic heterocycles. The normalized spacial score (nSPS) is 14.1. The van der Waals surface area contributed by atoms with E-state index in [0.717, 1.165) is 0 Å². The van der Waals surface area contributed by atoms with Crippen LogP contribution in [-0.4, -0.2) is 37.2 Å². The van der Waals surface area contributed by atoms with Gasteiger partial charge in [-0.1, -0.05) is 22.0 Å². The van der Waals surface area contributed by atoms with Gasteiger partial charge in [0.25, 0.3) is 5.69 Å². The number of nitro groups is 1. The monoisotopic (exact) mass is 438 g/mol. The molecule has 9 heteroatoms. The first kappa shape index (κ1) is 19.2. The summed E-state index contributed by atoms with van der Waals surface area (Å²) in [6.45, 7) is 1.83. The van der Waals surface area contributed by atoms with E-state index < -0.39 is 16.7 Å². The van der Waals surface area contributed by atoms with Gasteiger partial charge < -0.3 is 14.4 Å². The Labute approximate surface area is 163 Å². The van der Waals surface area contributed by atoms with E-state index in [4.69, 9.17) is 9.47 Å². The average molecular weight is 439 g/mol. The fourth-order valence-electron chi connectivity index (χ4n) is 2.74. The third-order valence-corrected chi connectivity index (χ3v) is 4.63. The van der Waals surface area contributed by atoms with E-state index in [1.54, 1.807) is 6.07 Å². The summed E-state index contributed by atoms with van der Waals surface area (Å²) in [7, 11) is 0. The van der Waals surface area contributed by atoms with Crippen LogP contribution in [0.2, 0.25) is 0 Å². The zero-order valence-electron chi connectivity index (χ0n) is 14.2. The number of esters is 1. The van der Waals surface area contributed by atoms with Crippen molar-refractivity contribution in [2.24, 2.45) is 0 Å². The molecule has 0 atom stereocenters.